The van der Waals surface area contributed by atoms with Crippen LogP contribution in [0.4, 0.5) is 4.79 Å². The van der Waals surface area contributed by atoms with Gasteiger partial charge in [-0.1, -0.05) is 13.8 Å². The van der Waals surface area contributed by atoms with Crippen molar-refractivity contribution in [2.45, 2.75) is 13.8 Å². The monoisotopic (exact) mass is 241 g/mol. The van der Waals surface area contributed by atoms with E-state index in [4.69, 9.17) is 0 Å². The minimum Gasteiger partial charge on any atom is -0.336 e. The van der Waals surface area contributed by atoms with Crippen LogP contribution in [0.15, 0.2) is 16.8 Å². The average molecular weight is 241 g/mol. The van der Waals surface area contributed by atoms with E-state index in [9.17, 15) is 9.59 Å². The Morgan fingerprint density at radius 2 is 2.12 bits per heavy atom. The lowest BCUT2D eigenvalue weighted by Crippen LogP contribution is -2.47. The molecular formula is C10H15N3O2S. The quantitative estimate of drug-likeness (QED) is 0.699. The van der Waals surface area contributed by atoms with Crippen molar-refractivity contribution in [1.29, 1.82) is 0 Å². The van der Waals surface area contributed by atoms with Crippen LogP contribution in [0.3, 0.4) is 0 Å². The first kappa shape index (κ1) is 12.5. The van der Waals surface area contributed by atoms with E-state index in [-0.39, 0.29) is 5.91 Å². The molecule has 16 heavy (non-hydrogen) atoms. The summed E-state index contributed by atoms with van der Waals surface area (Å²) in [6, 6.07) is 1.28. The number of hydrogen-bond acceptors (Lipinski definition) is 3. The molecule has 5 nitrogen and oxygen atoms in total. The third-order valence-electron chi connectivity index (χ3n) is 1.74. The maximum absolute atomic E-state index is 11.4. The van der Waals surface area contributed by atoms with Crippen molar-refractivity contribution in [3.05, 3.63) is 22.4 Å². The summed E-state index contributed by atoms with van der Waals surface area (Å²) in [6.45, 7) is 4.55. The smallest absolute Gasteiger partial charge is 0.333 e. The van der Waals surface area contributed by atoms with Gasteiger partial charge in [0, 0.05) is 11.9 Å². The summed E-state index contributed by atoms with van der Waals surface area (Å²) in [7, 11) is 0. The highest BCUT2D eigenvalue weighted by Crippen LogP contribution is 2.04. The highest BCUT2D eigenvalue weighted by Gasteiger charge is 2.06. The van der Waals surface area contributed by atoms with Gasteiger partial charge >= 0.3 is 6.03 Å². The van der Waals surface area contributed by atoms with E-state index < -0.39 is 6.03 Å². The number of carbonyl (C=O) groups is 2. The Bertz CT molecular complexity index is 349. The summed E-state index contributed by atoms with van der Waals surface area (Å²) in [5.74, 6) is 0.0549. The van der Waals surface area contributed by atoms with E-state index in [1.807, 2.05) is 13.8 Å². The summed E-state index contributed by atoms with van der Waals surface area (Å²) < 4.78 is 0. The molecule has 88 valence electrons. The van der Waals surface area contributed by atoms with Gasteiger partial charge in [-0.25, -0.2) is 10.2 Å². The number of nitrogens with one attached hydrogen (secondary N) is 3. The predicted molar refractivity (Wildman–Crippen MR) is 63.2 cm³/mol. The fourth-order valence-corrected chi connectivity index (χ4v) is 1.56. The van der Waals surface area contributed by atoms with Crippen LogP contribution >= 0.6 is 11.3 Å². The van der Waals surface area contributed by atoms with Crippen LogP contribution in [-0.2, 0) is 0 Å². The van der Waals surface area contributed by atoms with E-state index in [0.29, 0.717) is 18.0 Å². The molecule has 0 aliphatic rings. The molecule has 0 aromatic carbocycles. The number of rotatable bonds is 3. The van der Waals surface area contributed by atoms with Crippen molar-refractivity contribution in [2.75, 3.05) is 6.54 Å². The largest absolute Gasteiger partial charge is 0.336 e. The second-order valence-electron chi connectivity index (χ2n) is 3.70. The number of hydrogen-bond donors (Lipinski definition) is 3. The topological polar surface area (TPSA) is 70.2 Å². The van der Waals surface area contributed by atoms with Crippen molar-refractivity contribution in [2.24, 2.45) is 5.92 Å². The summed E-state index contributed by atoms with van der Waals surface area (Å²) >= 11 is 1.43. The Balaban J connectivity index is 2.24. The van der Waals surface area contributed by atoms with Gasteiger partial charge in [0.15, 0.2) is 0 Å². The minimum atomic E-state index is -0.405. The molecular weight excluding hydrogens is 226 g/mol. The van der Waals surface area contributed by atoms with Gasteiger partial charge in [0.1, 0.15) is 0 Å². The normalized spacial score (nSPS) is 9.94. The van der Waals surface area contributed by atoms with Gasteiger partial charge in [0.2, 0.25) is 0 Å². The number of urea groups is 1. The average Bonchev–Trinajstić information content (AvgIpc) is 2.76. The molecule has 0 atom stereocenters. The van der Waals surface area contributed by atoms with Crippen LogP contribution in [0.2, 0.25) is 0 Å². The van der Waals surface area contributed by atoms with Crippen LogP contribution in [-0.4, -0.2) is 18.5 Å². The highest BCUT2D eigenvalue weighted by atomic mass is 32.1. The van der Waals surface area contributed by atoms with Gasteiger partial charge in [-0.2, -0.15) is 11.3 Å². The molecule has 0 fully saturated rings. The van der Waals surface area contributed by atoms with Gasteiger partial charge < -0.3 is 5.32 Å². The van der Waals surface area contributed by atoms with Crippen LogP contribution < -0.4 is 16.2 Å². The molecule has 0 saturated carbocycles. The Kier molecular flexibility index (Phi) is 4.78. The van der Waals surface area contributed by atoms with Gasteiger partial charge in [-0.3, -0.25) is 10.2 Å². The zero-order valence-corrected chi connectivity index (χ0v) is 10.1. The van der Waals surface area contributed by atoms with E-state index in [1.54, 1.807) is 16.8 Å². The van der Waals surface area contributed by atoms with Crippen molar-refractivity contribution < 1.29 is 9.59 Å². The first-order valence-corrected chi connectivity index (χ1v) is 5.90. The Morgan fingerprint density at radius 3 is 2.69 bits per heavy atom. The van der Waals surface area contributed by atoms with E-state index in [0.717, 1.165) is 0 Å². The third kappa shape index (κ3) is 4.31. The Labute approximate surface area is 98.2 Å². The van der Waals surface area contributed by atoms with Crippen LogP contribution in [0.1, 0.15) is 24.2 Å². The Hall–Kier alpha value is -1.56. The molecule has 1 rings (SSSR count). The van der Waals surface area contributed by atoms with E-state index in [1.165, 1.54) is 11.3 Å². The number of thiophene rings is 1. The second kappa shape index (κ2) is 6.12. The first-order valence-electron chi connectivity index (χ1n) is 4.96. The minimum absolute atomic E-state index is 0.319. The molecule has 0 unspecified atom stereocenters. The maximum atomic E-state index is 11.4. The first-order chi connectivity index (χ1) is 7.59. The number of carbonyl (C=O) groups excluding carboxylic acids is 2. The summed E-state index contributed by atoms with van der Waals surface area (Å²) in [5, 5.41) is 6.13. The molecule has 1 heterocycles. The van der Waals surface area contributed by atoms with Crippen molar-refractivity contribution >= 4 is 23.3 Å². The molecule has 6 heteroatoms. The maximum Gasteiger partial charge on any atom is 0.333 e. The number of hydrazine groups is 1. The molecule has 1 aromatic heterocycles. The fraction of sp³-hybridized carbons (Fsp3) is 0.400. The van der Waals surface area contributed by atoms with Gasteiger partial charge in [-0.05, 0) is 17.4 Å². The molecule has 0 saturated heterocycles. The van der Waals surface area contributed by atoms with E-state index >= 15 is 0 Å². The highest BCUT2D eigenvalue weighted by molar-refractivity contribution is 7.08. The van der Waals surface area contributed by atoms with Gasteiger partial charge in [-0.15, -0.1) is 0 Å². The zero-order valence-electron chi connectivity index (χ0n) is 9.24. The fourth-order valence-electron chi connectivity index (χ4n) is 0.920. The van der Waals surface area contributed by atoms with Gasteiger partial charge in [0.25, 0.3) is 5.91 Å². The molecule has 0 radical (unpaired) electrons. The third-order valence-corrected chi connectivity index (χ3v) is 2.43. The van der Waals surface area contributed by atoms with Gasteiger partial charge in [0.05, 0.1) is 5.56 Å². The van der Waals surface area contributed by atoms with E-state index in [2.05, 4.69) is 16.2 Å². The lowest BCUT2D eigenvalue weighted by molar-refractivity contribution is 0.0936. The van der Waals surface area contributed by atoms with Crippen molar-refractivity contribution in [3.63, 3.8) is 0 Å². The molecule has 0 bridgehead atoms. The standard InChI is InChI=1S/C10H15N3O2S/c1-7(2)5-11-10(15)13-12-9(14)8-3-4-16-6-8/h3-4,6-7H,5H2,1-2H3,(H,12,14)(H2,11,13,15). The lowest BCUT2D eigenvalue weighted by atomic mass is 10.2. The Morgan fingerprint density at radius 1 is 1.38 bits per heavy atom. The number of amides is 3. The SMILES string of the molecule is CC(C)CNC(=O)NNC(=O)c1ccsc1. The molecule has 0 spiro atoms. The van der Waals surface area contributed by atoms with Crippen molar-refractivity contribution in [3.8, 4) is 0 Å². The molecule has 1 aromatic rings. The molecule has 3 amide bonds. The second-order valence-corrected chi connectivity index (χ2v) is 4.48. The van der Waals surface area contributed by atoms with Crippen molar-refractivity contribution in [1.82, 2.24) is 16.2 Å². The molecule has 3 N–H and O–H groups in total. The molecule has 0 aliphatic heterocycles. The summed E-state index contributed by atoms with van der Waals surface area (Å²) in [6.07, 6.45) is 0. The summed E-state index contributed by atoms with van der Waals surface area (Å²) in [4.78, 5) is 22.6. The van der Waals surface area contributed by atoms with Crippen LogP contribution in [0, 0.1) is 5.92 Å². The summed E-state index contributed by atoms with van der Waals surface area (Å²) in [5.41, 5.74) is 5.13. The van der Waals surface area contributed by atoms with Crippen LogP contribution in [0.25, 0.3) is 0 Å². The molecule has 0 aliphatic carbocycles. The predicted octanol–water partition coefficient (Wildman–Crippen LogP) is 1.35. The van der Waals surface area contributed by atoms with Crippen LogP contribution in [0.5, 0.6) is 0 Å². The lowest BCUT2D eigenvalue weighted by Gasteiger charge is -2.09. The zero-order chi connectivity index (χ0) is 12.0.